The minimum atomic E-state index is 0.136. The lowest BCUT2D eigenvalue weighted by atomic mass is 10.2. The predicted molar refractivity (Wildman–Crippen MR) is 138 cm³/mol. The average Bonchev–Trinajstić information content (AvgIpc) is 3.66. The molecule has 1 aliphatic rings. The van der Waals surface area contributed by atoms with Gasteiger partial charge in [0.2, 0.25) is 0 Å². The SMILES string of the molecule is COC(=N)Cc1ncc(-c2cc3c(OC[C@H]4CCCN4c4ccc(OC)cc4)cc(OC)cc3o2)[nH]1. The summed E-state index contributed by atoms with van der Waals surface area (Å²) in [6.07, 6.45) is 4.15. The molecule has 36 heavy (non-hydrogen) atoms. The van der Waals surface area contributed by atoms with Crippen LogP contribution in [0.5, 0.6) is 17.2 Å². The molecule has 0 radical (unpaired) electrons. The van der Waals surface area contributed by atoms with Gasteiger partial charge in [-0.3, -0.25) is 5.41 Å². The third-order valence-electron chi connectivity index (χ3n) is 6.49. The molecule has 1 fully saturated rings. The number of methoxy groups -OCH3 is 3. The second kappa shape index (κ2) is 10.2. The summed E-state index contributed by atoms with van der Waals surface area (Å²) < 4.78 is 28.2. The molecule has 0 saturated carbocycles. The van der Waals surface area contributed by atoms with Crippen molar-refractivity contribution in [3.05, 3.63) is 54.5 Å². The molecule has 0 unspecified atom stereocenters. The van der Waals surface area contributed by atoms with Crippen LogP contribution in [0.1, 0.15) is 18.7 Å². The molecule has 5 rings (SSSR count). The van der Waals surface area contributed by atoms with Crippen molar-refractivity contribution in [1.29, 1.82) is 5.41 Å². The number of furan rings is 1. The van der Waals surface area contributed by atoms with E-state index >= 15 is 0 Å². The van der Waals surface area contributed by atoms with Crippen LogP contribution in [0.3, 0.4) is 0 Å². The normalized spacial score (nSPS) is 15.3. The fourth-order valence-corrected chi connectivity index (χ4v) is 4.56. The van der Waals surface area contributed by atoms with Crippen molar-refractivity contribution in [3.63, 3.8) is 0 Å². The van der Waals surface area contributed by atoms with Gasteiger partial charge in [0, 0.05) is 24.4 Å². The van der Waals surface area contributed by atoms with E-state index in [0.717, 1.165) is 36.2 Å². The van der Waals surface area contributed by atoms with E-state index in [2.05, 4.69) is 27.0 Å². The van der Waals surface area contributed by atoms with Gasteiger partial charge >= 0.3 is 0 Å². The molecule has 1 saturated heterocycles. The van der Waals surface area contributed by atoms with Gasteiger partial charge in [-0.25, -0.2) is 4.98 Å². The highest BCUT2D eigenvalue weighted by Crippen LogP contribution is 2.37. The second-order valence-electron chi connectivity index (χ2n) is 8.69. The van der Waals surface area contributed by atoms with Crippen LogP contribution in [0.25, 0.3) is 22.4 Å². The summed E-state index contributed by atoms with van der Waals surface area (Å²) in [4.78, 5) is 9.93. The van der Waals surface area contributed by atoms with E-state index in [1.165, 1.54) is 12.8 Å². The molecular weight excluding hydrogens is 460 g/mol. The Bertz CT molecular complexity index is 1340. The molecule has 2 N–H and O–H groups in total. The Morgan fingerprint density at radius 1 is 1.11 bits per heavy atom. The fraction of sp³-hybridized carbons (Fsp3) is 0.333. The smallest absolute Gasteiger partial charge is 0.187 e. The molecule has 4 aromatic rings. The highest BCUT2D eigenvalue weighted by molar-refractivity contribution is 5.89. The quantitative estimate of drug-likeness (QED) is 0.250. The van der Waals surface area contributed by atoms with Crippen LogP contribution in [0.4, 0.5) is 5.69 Å². The molecule has 9 heteroatoms. The summed E-state index contributed by atoms with van der Waals surface area (Å²) in [5.74, 6) is 3.62. The first-order valence-electron chi connectivity index (χ1n) is 11.9. The van der Waals surface area contributed by atoms with E-state index in [4.69, 9.17) is 28.8 Å². The molecule has 1 atom stereocenters. The summed E-state index contributed by atoms with van der Waals surface area (Å²) in [5.41, 5.74) is 2.55. The van der Waals surface area contributed by atoms with Crippen LogP contribution in [0, 0.1) is 5.41 Å². The van der Waals surface area contributed by atoms with Gasteiger partial charge in [0.25, 0.3) is 0 Å². The number of nitrogens with one attached hydrogen (secondary N) is 2. The van der Waals surface area contributed by atoms with Crippen LogP contribution in [-0.4, -0.2) is 56.4 Å². The van der Waals surface area contributed by atoms with E-state index < -0.39 is 0 Å². The van der Waals surface area contributed by atoms with Crippen molar-refractivity contribution in [2.75, 3.05) is 39.4 Å². The molecule has 0 amide bonds. The lowest BCUT2D eigenvalue weighted by molar-refractivity contribution is 0.290. The topological polar surface area (TPSA) is 106 Å². The molecule has 188 valence electrons. The zero-order chi connectivity index (χ0) is 25.1. The van der Waals surface area contributed by atoms with Crippen molar-refractivity contribution in [2.24, 2.45) is 0 Å². The molecule has 1 aliphatic heterocycles. The molecule has 0 spiro atoms. The molecule has 0 bridgehead atoms. The van der Waals surface area contributed by atoms with Crippen molar-refractivity contribution in [3.8, 4) is 28.7 Å². The number of hydrogen-bond acceptors (Lipinski definition) is 8. The molecule has 2 aromatic heterocycles. The van der Waals surface area contributed by atoms with Gasteiger partial charge in [-0.15, -0.1) is 0 Å². The Hall–Kier alpha value is -4.14. The number of fused-ring (bicyclic) bond motifs is 1. The highest BCUT2D eigenvalue weighted by atomic mass is 16.5. The number of hydrogen-bond donors (Lipinski definition) is 2. The lowest BCUT2D eigenvalue weighted by Gasteiger charge is -2.27. The number of rotatable bonds is 9. The number of aromatic amines is 1. The maximum atomic E-state index is 7.71. The Kier molecular flexibility index (Phi) is 6.71. The van der Waals surface area contributed by atoms with Crippen LogP contribution in [0.15, 0.2) is 53.1 Å². The fourth-order valence-electron chi connectivity index (χ4n) is 4.56. The maximum Gasteiger partial charge on any atom is 0.187 e. The Morgan fingerprint density at radius 3 is 2.67 bits per heavy atom. The maximum absolute atomic E-state index is 7.71. The van der Waals surface area contributed by atoms with E-state index in [0.29, 0.717) is 35.3 Å². The summed E-state index contributed by atoms with van der Waals surface area (Å²) in [7, 11) is 4.78. The van der Waals surface area contributed by atoms with E-state index in [1.807, 2.05) is 30.3 Å². The van der Waals surface area contributed by atoms with Crippen molar-refractivity contribution >= 4 is 22.6 Å². The van der Waals surface area contributed by atoms with E-state index in [-0.39, 0.29) is 18.4 Å². The van der Waals surface area contributed by atoms with Gasteiger partial charge in [-0.1, -0.05) is 0 Å². The monoisotopic (exact) mass is 490 g/mol. The Morgan fingerprint density at radius 2 is 1.92 bits per heavy atom. The van der Waals surface area contributed by atoms with Gasteiger partial charge in [0.15, 0.2) is 11.7 Å². The largest absolute Gasteiger partial charge is 0.497 e. The van der Waals surface area contributed by atoms with Gasteiger partial charge in [0.05, 0.1) is 45.4 Å². The van der Waals surface area contributed by atoms with E-state index in [1.54, 1.807) is 20.4 Å². The van der Waals surface area contributed by atoms with Crippen LogP contribution < -0.4 is 19.1 Å². The Labute approximate surface area is 209 Å². The molecule has 2 aromatic carbocycles. The first-order chi connectivity index (χ1) is 17.6. The zero-order valence-corrected chi connectivity index (χ0v) is 20.7. The van der Waals surface area contributed by atoms with Crippen molar-refractivity contribution in [1.82, 2.24) is 9.97 Å². The first-order valence-corrected chi connectivity index (χ1v) is 11.9. The van der Waals surface area contributed by atoms with Crippen LogP contribution in [0.2, 0.25) is 0 Å². The van der Waals surface area contributed by atoms with E-state index in [9.17, 15) is 0 Å². The predicted octanol–water partition coefficient (Wildman–Crippen LogP) is 5.05. The molecule has 0 aliphatic carbocycles. The zero-order valence-electron chi connectivity index (χ0n) is 20.7. The number of ether oxygens (including phenoxy) is 4. The summed E-state index contributed by atoms with van der Waals surface area (Å²) >= 11 is 0. The third-order valence-corrected chi connectivity index (χ3v) is 6.49. The summed E-state index contributed by atoms with van der Waals surface area (Å²) in [5, 5.41) is 8.57. The first kappa shape index (κ1) is 23.6. The number of benzene rings is 2. The van der Waals surface area contributed by atoms with Crippen LogP contribution in [-0.2, 0) is 11.2 Å². The Balaban J connectivity index is 1.37. The molecule has 3 heterocycles. The average molecular weight is 491 g/mol. The number of anilines is 1. The molecular formula is C27H30N4O5. The lowest BCUT2D eigenvalue weighted by Crippen LogP contribution is -2.34. The van der Waals surface area contributed by atoms with Gasteiger partial charge in [-0.05, 0) is 43.2 Å². The summed E-state index contributed by atoms with van der Waals surface area (Å²) in [6.45, 7) is 1.54. The van der Waals surface area contributed by atoms with Gasteiger partial charge < -0.3 is 33.2 Å². The summed E-state index contributed by atoms with van der Waals surface area (Å²) in [6, 6.07) is 14.1. The number of aromatic nitrogens is 2. The second-order valence-corrected chi connectivity index (χ2v) is 8.69. The highest BCUT2D eigenvalue weighted by Gasteiger charge is 2.26. The standard InChI is InChI=1S/C27H30N4O5/c1-32-19-8-6-17(7-9-19)31-10-4-5-18(31)16-35-23-11-20(33-2)12-24-21(23)13-25(36-24)22-15-29-27(30-22)14-26(28)34-3/h6-9,11-13,15,18,28H,4-5,10,14,16H2,1-3H3,(H,29,30)/t18-/m1/s1. The number of nitrogens with zero attached hydrogens (tertiary/aromatic N) is 2. The number of imidazole rings is 1. The van der Waals surface area contributed by atoms with Gasteiger partial charge in [0.1, 0.15) is 41.0 Å². The van der Waals surface area contributed by atoms with Crippen LogP contribution >= 0.6 is 0 Å². The van der Waals surface area contributed by atoms with Gasteiger partial charge in [-0.2, -0.15) is 0 Å². The molecule has 9 nitrogen and oxygen atoms in total. The van der Waals surface area contributed by atoms with Crippen molar-refractivity contribution < 1.29 is 23.4 Å². The van der Waals surface area contributed by atoms with Crippen molar-refractivity contribution in [2.45, 2.75) is 25.3 Å². The minimum Gasteiger partial charge on any atom is -0.497 e. The minimum absolute atomic E-state index is 0.136. The third kappa shape index (κ3) is 4.82. The number of H-pyrrole nitrogens is 1.